The number of benzene rings is 1. The molecule has 17 nitrogen and oxygen atoms in total. The predicted molar refractivity (Wildman–Crippen MR) is 207 cm³/mol. The van der Waals surface area contributed by atoms with Gasteiger partial charge in [-0.3, -0.25) is 29.0 Å². The van der Waals surface area contributed by atoms with Crippen molar-refractivity contribution < 1.29 is 48.8 Å². The summed E-state index contributed by atoms with van der Waals surface area (Å²) < 4.78 is 5.84. The Bertz CT molecular complexity index is 1740. The first-order chi connectivity index (χ1) is 26.5. The Labute approximate surface area is 334 Å². The second-order valence-corrected chi connectivity index (χ2v) is 18.2. The number of esters is 1. The molecule has 1 aromatic rings. The molecule has 0 radical (unpaired) electrons. The van der Waals surface area contributed by atoms with Crippen molar-refractivity contribution in [1.82, 2.24) is 31.3 Å². The number of aliphatic hydroxyl groups excluding tert-OH is 2. The van der Waals surface area contributed by atoms with Crippen LogP contribution in [0.15, 0.2) is 18.2 Å². The number of nitrogens with zero attached hydrogens (tertiary/aromatic N) is 2. The maximum atomic E-state index is 14.8. The number of β-amino-alcohol motifs (C(OH)–C–C–N with tert-alkyl or cyclic N) is 1. The van der Waals surface area contributed by atoms with Gasteiger partial charge >= 0.3 is 5.97 Å². The summed E-state index contributed by atoms with van der Waals surface area (Å²) in [6.07, 6.45) is -5.65. The first-order valence-corrected chi connectivity index (χ1v) is 20.0. The van der Waals surface area contributed by atoms with Crippen LogP contribution >= 0.6 is 0 Å². The molecule has 1 aromatic carbocycles. The van der Waals surface area contributed by atoms with Gasteiger partial charge in [0.15, 0.2) is 6.10 Å². The van der Waals surface area contributed by atoms with Gasteiger partial charge in [0, 0.05) is 30.6 Å². The zero-order chi connectivity index (χ0) is 42.5. The summed E-state index contributed by atoms with van der Waals surface area (Å²) >= 11 is 0. The molecule has 5 amide bonds. The van der Waals surface area contributed by atoms with Crippen molar-refractivity contribution in [2.45, 2.75) is 154 Å². The van der Waals surface area contributed by atoms with Crippen molar-refractivity contribution in [3.8, 4) is 0 Å². The zero-order valence-corrected chi connectivity index (χ0v) is 34.6. The van der Waals surface area contributed by atoms with E-state index in [1.54, 1.807) is 33.8 Å². The van der Waals surface area contributed by atoms with Crippen LogP contribution in [0.5, 0.6) is 0 Å². The van der Waals surface area contributed by atoms with Gasteiger partial charge in [0.1, 0.15) is 42.0 Å². The number of fused-ring (bicyclic) bond motifs is 6. The topological polar surface area (TPSA) is 239 Å². The lowest BCUT2D eigenvalue weighted by molar-refractivity contribution is -0.172. The van der Waals surface area contributed by atoms with E-state index in [0.29, 0.717) is 11.3 Å². The number of hydrogen-bond acceptors (Lipinski definition) is 12. The average molecular weight is 800 g/mol. The number of hydrazine groups is 1. The number of cyclic esters (lactones) is 1. The maximum absolute atomic E-state index is 14.8. The standard InChI is InChI=1S/C40H61N7O10/c1-18(2)13-26-32(50)45-30(21(7)48)35(53)46-28(16-40(56)24-14-22(39(8,9)10)11-12-25(24)43-38(40)46)34(52)44-29(19(3)4)37(55)57-31(20(5)6)36(54)47-27(33(51)42-26)15-23(49)17-41-47/h11-12,14,18-21,23,26-31,38,41,43,48-49,56H,13,15-17H2,1-10H3,(H,42,51)(H,44,52)(H,45,50)/t21-,23+,26-,27+,28-,29?,30+,31?,38-,40+/m0/s1. The van der Waals surface area contributed by atoms with E-state index in [0.717, 1.165) is 15.5 Å². The number of hydrogen-bond donors (Lipinski definition) is 8. The number of aliphatic hydroxyl groups is 3. The van der Waals surface area contributed by atoms with Gasteiger partial charge in [0.2, 0.25) is 23.6 Å². The minimum absolute atomic E-state index is 0.0852. The molecule has 316 valence electrons. The van der Waals surface area contributed by atoms with Crippen LogP contribution in [0.2, 0.25) is 0 Å². The van der Waals surface area contributed by atoms with Crippen LogP contribution in [0.1, 0.15) is 99.6 Å². The van der Waals surface area contributed by atoms with Gasteiger partial charge in [-0.15, -0.1) is 0 Å². The fourth-order valence-electron chi connectivity index (χ4n) is 8.05. The molecule has 0 bridgehead atoms. The van der Waals surface area contributed by atoms with Gasteiger partial charge < -0.3 is 46.2 Å². The summed E-state index contributed by atoms with van der Waals surface area (Å²) in [5.74, 6) is -6.38. The Morgan fingerprint density at radius 2 is 1.47 bits per heavy atom. The van der Waals surface area contributed by atoms with Crippen LogP contribution in [-0.4, -0.2) is 122 Å². The molecule has 2 unspecified atom stereocenters. The molecule has 3 saturated heterocycles. The molecular formula is C40H61N7O10. The Kier molecular flexibility index (Phi) is 12.7. The van der Waals surface area contributed by atoms with E-state index in [1.807, 2.05) is 46.8 Å². The number of carbonyl (C=O) groups is 6. The normalized spacial score (nSPS) is 32.4. The highest BCUT2D eigenvalue weighted by Gasteiger charge is 2.61. The monoisotopic (exact) mass is 799 g/mol. The van der Waals surface area contributed by atoms with Gasteiger partial charge in [-0.05, 0) is 48.1 Å². The molecule has 4 heterocycles. The van der Waals surface area contributed by atoms with Gasteiger partial charge in [-0.1, -0.05) is 74.4 Å². The molecule has 8 N–H and O–H groups in total. The number of nitrogens with one attached hydrogen (secondary N) is 5. The van der Waals surface area contributed by atoms with Crippen LogP contribution in [0.3, 0.4) is 0 Å². The smallest absolute Gasteiger partial charge is 0.329 e. The van der Waals surface area contributed by atoms with Crippen LogP contribution < -0.4 is 26.7 Å². The minimum Gasteiger partial charge on any atom is -0.450 e. The molecular weight excluding hydrogens is 738 g/mol. The average Bonchev–Trinajstić information content (AvgIpc) is 3.56. The Morgan fingerprint density at radius 3 is 2.05 bits per heavy atom. The highest BCUT2D eigenvalue weighted by atomic mass is 16.6. The van der Waals surface area contributed by atoms with E-state index < -0.39 is 108 Å². The summed E-state index contributed by atoms with van der Waals surface area (Å²) in [5.41, 5.74) is 2.52. The highest BCUT2D eigenvalue weighted by molar-refractivity contribution is 5.98. The van der Waals surface area contributed by atoms with Crippen molar-refractivity contribution in [3.63, 3.8) is 0 Å². The van der Waals surface area contributed by atoms with E-state index in [1.165, 1.54) is 6.92 Å². The Morgan fingerprint density at radius 1 is 0.842 bits per heavy atom. The van der Waals surface area contributed by atoms with Gasteiger partial charge in [-0.25, -0.2) is 10.2 Å². The van der Waals surface area contributed by atoms with Crippen molar-refractivity contribution >= 4 is 41.2 Å². The third kappa shape index (κ3) is 8.76. The lowest BCUT2D eigenvalue weighted by atomic mass is 9.82. The largest absolute Gasteiger partial charge is 0.450 e. The third-order valence-electron chi connectivity index (χ3n) is 11.3. The second kappa shape index (κ2) is 16.5. The van der Waals surface area contributed by atoms with E-state index in [9.17, 15) is 44.1 Å². The van der Waals surface area contributed by atoms with Crippen molar-refractivity contribution in [2.75, 3.05) is 11.9 Å². The molecule has 4 aliphatic heterocycles. The number of ether oxygens (including phenoxy) is 1. The SMILES string of the molecule is CC(C)C[C@@H]1NC(=O)[C@H]2C[C@@H](O)CNN2C(=O)C(C(C)C)OC(=O)C(C(C)C)NC(=O)[C@@H]2C[C@@]3(O)c4cc(C(C)(C)C)ccc4N[C@H]3N2C(=O)[C@@H]([C@H](C)O)NC1=O. The first kappa shape index (κ1) is 43.8. The Balaban J connectivity index is 1.63. The summed E-state index contributed by atoms with van der Waals surface area (Å²) in [7, 11) is 0. The van der Waals surface area contributed by atoms with Crippen molar-refractivity contribution in [1.29, 1.82) is 0 Å². The fraction of sp³-hybridized carbons (Fsp3) is 0.700. The maximum Gasteiger partial charge on any atom is 0.329 e. The molecule has 57 heavy (non-hydrogen) atoms. The quantitative estimate of drug-likeness (QED) is 0.185. The lowest BCUT2D eigenvalue weighted by Crippen LogP contribution is -2.67. The fourth-order valence-corrected chi connectivity index (χ4v) is 8.05. The van der Waals surface area contributed by atoms with Gasteiger partial charge in [-0.2, -0.15) is 0 Å². The third-order valence-corrected chi connectivity index (χ3v) is 11.3. The van der Waals surface area contributed by atoms with Gasteiger partial charge in [0.05, 0.1) is 12.2 Å². The molecule has 5 rings (SSSR count). The van der Waals surface area contributed by atoms with Crippen molar-refractivity contribution in [3.05, 3.63) is 29.3 Å². The number of rotatable bonds is 5. The van der Waals surface area contributed by atoms with Crippen LogP contribution in [0, 0.1) is 17.8 Å². The van der Waals surface area contributed by atoms with Crippen LogP contribution in [0.25, 0.3) is 0 Å². The summed E-state index contributed by atoms with van der Waals surface area (Å²) in [5, 5.41) is 46.4. The van der Waals surface area contributed by atoms with Gasteiger partial charge in [0.25, 0.3) is 5.91 Å². The molecule has 0 aliphatic carbocycles. The zero-order valence-electron chi connectivity index (χ0n) is 34.6. The Hall–Kier alpha value is -4.32. The number of anilines is 1. The number of carbonyl (C=O) groups excluding carboxylic acids is 6. The molecule has 3 fully saturated rings. The molecule has 0 aromatic heterocycles. The predicted octanol–water partition coefficient (Wildman–Crippen LogP) is 0.109. The van der Waals surface area contributed by atoms with Crippen molar-refractivity contribution in [2.24, 2.45) is 17.8 Å². The van der Waals surface area contributed by atoms with Crippen LogP contribution in [-0.2, 0) is 44.5 Å². The second-order valence-electron chi connectivity index (χ2n) is 18.2. The van der Waals surface area contributed by atoms with E-state index in [2.05, 4.69) is 26.7 Å². The number of amides is 5. The highest BCUT2D eigenvalue weighted by Crippen LogP contribution is 2.50. The molecule has 4 aliphatic rings. The van der Waals surface area contributed by atoms with E-state index in [4.69, 9.17) is 4.74 Å². The van der Waals surface area contributed by atoms with E-state index in [-0.39, 0.29) is 37.1 Å². The summed E-state index contributed by atoms with van der Waals surface area (Å²) in [6.45, 7) is 17.5. The molecule has 0 saturated carbocycles. The van der Waals surface area contributed by atoms with Crippen LogP contribution in [0.4, 0.5) is 5.69 Å². The summed E-state index contributed by atoms with van der Waals surface area (Å²) in [6, 6.07) is -1.49. The summed E-state index contributed by atoms with van der Waals surface area (Å²) in [4.78, 5) is 86.7. The molecule has 0 spiro atoms. The van der Waals surface area contributed by atoms with E-state index >= 15 is 0 Å². The first-order valence-electron chi connectivity index (χ1n) is 20.0. The lowest BCUT2D eigenvalue weighted by Gasteiger charge is -2.40. The minimum atomic E-state index is -1.82. The molecule has 17 heteroatoms. The molecule has 10 atom stereocenters.